The topological polar surface area (TPSA) is 70.8 Å². The van der Waals surface area contributed by atoms with Gasteiger partial charge in [-0.3, -0.25) is 4.79 Å². The first-order valence-corrected chi connectivity index (χ1v) is 6.50. The van der Waals surface area contributed by atoms with Crippen molar-refractivity contribution in [2.45, 2.75) is 32.7 Å². The highest BCUT2D eigenvalue weighted by Gasteiger charge is 2.66. The fraction of sp³-hybridized carbons (Fsp3) is 0.571. The van der Waals surface area contributed by atoms with Gasteiger partial charge in [-0.2, -0.15) is 0 Å². The second-order valence-electron chi connectivity index (χ2n) is 5.80. The zero-order chi connectivity index (χ0) is 13.8. The number of aromatic carboxylic acids is 1. The maximum Gasteiger partial charge on any atom is 0.339 e. The summed E-state index contributed by atoms with van der Waals surface area (Å²) < 4.78 is 5.39. The number of hydrogen-bond donors (Lipinski definition) is 1. The van der Waals surface area contributed by atoms with Crippen LogP contribution >= 0.6 is 0 Å². The highest BCUT2D eigenvalue weighted by atomic mass is 16.4. The molecular weight excluding hydrogens is 246 g/mol. The Morgan fingerprint density at radius 2 is 2.21 bits per heavy atom. The molecule has 2 saturated carbocycles. The zero-order valence-corrected chi connectivity index (χ0v) is 11.1. The summed E-state index contributed by atoms with van der Waals surface area (Å²) in [7, 11) is 1.75. The van der Waals surface area contributed by atoms with Crippen LogP contribution in [0.3, 0.4) is 0 Å². The smallest absolute Gasteiger partial charge is 0.339 e. The summed E-state index contributed by atoms with van der Waals surface area (Å²) >= 11 is 0. The Hall–Kier alpha value is -1.78. The average Bonchev–Trinajstić information content (AvgIpc) is 3.23. The van der Waals surface area contributed by atoms with E-state index in [1.165, 1.54) is 18.9 Å². The molecule has 1 heterocycles. The predicted molar refractivity (Wildman–Crippen MR) is 66.7 cm³/mol. The van der Waals surface area contributed by atoms with E-state index in [1.54, 1.807) is 18.9 Å². The first-order valence-electron chi connectivity index (χ1n) is 6.50. The molecule has 5 heteroatoms. The highest BCUT2D eigenvalue weighted by molar-refractivity contribution is 5.89. The maximum absolute atomic E-state index is 12.2. The molecule has 1 unspecified atom stereocenters. The SMILES string of the molecule is Cc1oc(CN(C)C(=O)C2CC23CC3)cc1C(=O)O. The second kappa shape index (κ2) is 3.85. The lowest BCUT2D eigenvalue weighted by Gasteiger charge is -2.15. The van der Waals surface area contributed by atoms with Gasteiger partial charge < -0.3 is 14.4 Å². The third kappa shape index (κ3) is 2.03. The number of carbonyl (C=O) groups is 2. The number of nitrogens with zero attached hydrogens (tertiary/aromatic N) is 1. The van der Waals surface area contributed by atoms with Gasteiger partial charge in [0, 0.05) is 13.0 Å². The molecule has 19 heavy (non-hydrogen) atoms. The summed E-state index contributed by atoms with van der Waals surface area (Å²) in [5.41, 5.74) is 0.511. The van der Waals surface area contributed by atoms with Crippen LogP contribution in [-0.2, 0) is 11.3 Å². The molecule has 1 amide bonds. The van der Waals surface area contributed by atoms with Crippen molar-refractivity contribution in [3.63, 3.8) is 0 Å². The van der Waals surface area contributed by atoms with E-state index in [0.29, 0.717) is 23.5 Å². The molecule has 2 aliphatic carbocycles. The van der Waals surface area contributed by atoms with E-state index in [4.69, 9.17) is 9.52 Å². The lowest BCUT2D eigenvalue weighted by Crippen LogP contribution is -2.28. The Balaban J connectivity index is 1.66. The van der Waals surface area contributed by atoms with Gasteiger partial charge in [-0.1, -0.05) is 0 Å². The van der Waals surface area contributed by atoms with Crippen molar-refractivity contribution in [1.82, 2.24) is 4.90 Å². The van der Waals surface area contributed by atoms with Crippen LogP contribution in [0.1, 0.15) is 41.1 Å². The van der Waals surface area contributed by atoms with E-state index in [0.717, 1.165) is 6.42 Å². The molecule has 0 aliphatic heterocycles. The molecule has 1 spiro atoms. The third-order valence-corrected chi connectivity index (χ3v) is 4.35. The summed E-state index contributed by atoms with van der Waals surface area (Å²) in [6.07, 6.45) is 3.38. The summed E-state index contributed by atoms with van der Waals surface area (Å²) in [5, 5.41) is 8.96. The molecule has 1 aromatic heterocycles. The monoisotopic (exact) mass is 263 g/mol. The number of furan rings is 1. The van der Waals surface area contributed by atoms with Gasteiger partial charge in [0.25, 0.3) is 0 Å². The predicted octanol–water partition coefficient (Wildman–Crippen LogP) is 2.04. The van der Waals surface area contributed by atoms with Gasteiger partial charge in [-0.25, -0.2) is 4.79 Å². The second-order valence-corrected chi connectivity index (χ2v) is 5.80. The number of carboxylic acids is 1. The fourth-order valence-corrected chi connectivity index (χ4v) is 2.82. The minimum Gasteiger partial charge on any atom is -0.478 e. The first-order chi connectivity index (χ1) is 8.93. The maximum atomic E-state index is 12.2. The number of rotatable bonds is 4. The quantitative estimate of drug-likeness (QED) is 0.902. The van der Waals surface area contributed by atoms with Crippen LogP contribution in [0.5, 0.6) is 0 Å². The van der Waals surface area contributed by atoms with E-state index in [2.05, 4.69) is 0 Å². The first kappa shape index (κ1) is 12.3. The molecule has 5 nitrogen and oxygen atoms in total. The molecular formula is C14H17NO4. The molecule has 2 aliphatic rings. The van der Waals surface area contributed by atoms with Crippen molar-refractivity contribution in [2.24, 2.45) is 11.3 Å². The van der Waals surface area contributed by atoms with Gasteiger partial charge in [-0.15, -0.1) is 0 Å². The molecule has 0 aromatic carbocycles. The van der Waals surface area contributed by atoms with E-state index in [1.807, 2.05) is 0 Å². The van der Waals surface area contributed by atoms with Crippen molar-refractivity contribution in [3.8, 4) is 0 Å². The molecule has 2 fully saturated rings. The summed E-state index contributed by atoms with van der Waals surface area (Å²) in [6, 6.07) is 1.50. The normalized spacial score (nSPS) is 22.3. The van der Waals surface area contributed by atoms with Crippen LogP contribution < -0.4 is 0 Å². The molecule has 0 saturated heterocycles. The molecule has 1 N–H and O–H groups in total. The van der Waals surface area contributed by atoms with Crippen LogP contribution in [-0.4, -0.2) is 28.9 Å². The van der Waals surface area contributed by atoms with Crippen molar-refractivity contribution < 1.29 is 19.1 Å². The summed E-state index contributed by atoms with van der Waals surface area (Å²) in [6.45, 7) is 1.95. The number of carboxylic acid groups (broad SMARTS) is 1. The molecule has 1 atom stereocenters. The van der Waals surface area contributed by atoms with E-state index in [-0.39, 0.29) is 17.4 Å². The molecule has 0 radical (unpaired) electrons. The average molecular weight is 263 g/mol. The third-order valence-electron chi connectivity index (χ3n) is 4.35. The minimum absolute atomic E-state index is 0.156. The zero-order valence-electron chi connectivity index (χ0n) is 11.1. The van der Waals surface area contributed by atoms with Crippen LogP contribution in [0.4, 0.5) is 0 Å². The van der Waals surface area contributed by atoms with Crippen molar-refractivity contribution in [3.05, 3.63) is 23.2 Å². The lowest BCUT2D eigenvalue weighted by molar-refractivity contribution is -0.132. The van der Waals surface area contributed by atoms with Crippen LogP contribution in [0.2, 0.25) is 0 Å². The largest absolute Gasteiger partial charge is 0.478 e. The summed E-state index contributed by atoms with van der Waals surface area (Å²) in [4.78, 5) is 24.7. The number of carbonyl (C=O) groups excluding carboxylic acids is 1. The van der Waals surface area contributed by atoms with E-state index < -0.39 is 5.97 Å². The Bertz CT molecular complexity index is 556. The van der Waals surface area contributed by atoms with Crippen LogP contribution in [0, 0.1) is 18.3 Å². The molecule has 0 bridgehead atoms. The van der Waals surface area contributed by atoms with Crippen molar-refractivity contribution >= 4 is 11.9 Å². The van der Waals surface area contributed by atoms with Crippen molar-refractivity contribution in [2.75, 3.05) is 7.05 Å². The van der Waals surface area contributed by atoms with Gasteiger partial charge >= 0.3 is 5.97 Å². The standard InChI is InChI=1S/C14H17NO4/c1-8-10(13(17)18)5-9(19-8)7-15(2)12(16)11-6-14(11)3-4-14/h5,11H,3-4,6-7H2,1-2H3,(H,17,18). The Morgan fingerprint density at radius 3 is 2.68 bits per heavy atom. The van der Waals surface area contributed by atoms with Gasteiger partial charge in [-0.05, 0) is 37.7 Å². The number of aryl methyl sites for hydroxylation is 1. The molecule has 102 valence electrons. The Morgan fingerprint density at radius 1 is 1.53 bits per heavy atom. The minimum atomic E-state index is -0.999. The molecule has 1 aromatic rings. The highest BCUT2D eigenvalue weighted by Crippen LogP contribution is 2.70. The van der Waals surface area contributed by atoms with Gasteiger partial charge in [0.05, 0.1) is 6.54 Å². The van der Waals surface area contributed by atoms with E-state index >= 15 is 0 Å². The van der Waals surface area contributed by atoms with Crippen LogP contribution in [0.25, 0.3) is 0 Å². The lowest BCUT2D eigenvalue weighted by atomic mass is 10.2. The number of amides is 1. The van der Waals surface area contributed by atoms with E-state index in [9.17, 15) is 9.59 Å². The van der Waals surface area contributed by atoms with Gasteiger partial charge in [0.2, 0.25) is 5.91 Å². The van der Waals surface area contributed by atoms with Crippen molar-refractivity contribution in [1.29, 1.82) is 0 Å². The van der Waals surface area contributed by atoms with Gasteiger partial charge in [0.15, 0.2) is 0 Å². The number of hydrogen-bond acceptors (Lipinski definition) is 3. The van der Waals surface area contributed by atoms with Crippen LogP contribution in [0.15, 0.2) is 10.5 Å². The Labute approximate surface area is 111 Å². The molecule has 3 rings (SSSR count). The Kier molecular flexibility index (Phi) is 2.49. The summed E-state index contributed by atoms with van der Waals surface area (Å²) in [5.74, 6) is 0.251. The van der Waals surface area contributed by atoms with Gasteiger partial charge in [0.1, 0.15) is 17.1 Å². The fourth-order valence-electron chi connectivity index (χ4n) is 2.82.